The molecule has 0 saturated carbocycles. The number of rotatable bonds is 6. The molecule has 0 amide bonds. The molecule has 0 radical (unpaired) electrons. The molecule has 1 aliphatic carbocycles. The Morgan fingerprint density at radius 2 is 2.03 bits per heavy atom. The van der Waals surface area contributed by atoms with E-state index in [1.807, 2.05) is 39.6 Å². The van der Waals surface area contributed by atoms with Crippen molar-refractivity contribution in [2.24, 2.45) is 0 Å². The quantitative estimate of drug-likeness (QED) is 0.364. The van der Waals surface area contributed by atoms with Gasteiger partial charge >= 0.3 is 5.97 Å². The molecule has 2 aromatic heterocycles. The molecule has 5 rings (SSSR count). The third-order valence-electron chi connectivity index (χ3n) is 6.39. The molecule has 2 aromatic carbocycles. The minimum absolute atomic E-state index is 0.0899. The molecule has 33 heavy (non-hydrogen) atoms. The molecule has 7 heteroatoms. The number of nitrogens with zero attached hydrogens (tertiary/aromatic N) is 3. The first-order valence-electron chi connectivity index (χ1n) is 11.3. The van der Waals surface area contributed by atoms with Gasteiger partial charge in [0.2, 0.25) is 0 Å². The van der Waals surface area contributed by atoms with Crippen LogP contribution in [0.2, 0.25) is 0 Å². The molecular weight excluding hydrogens is 424 g/mol. The normalized spacial score (nSPS) is 15.5. The summed E-state index contributed by atoms with van der Waals surface area (Å²) in [6, 6.07) is 10.3. The Kier molecular flexibility index (Phi) is 5.70. The van der Waals surface area contributed by atoms with E-state index in [9.17, 15) is 9.18 Å². The summed E-state index contributed by atoms with van der Waals surface area (Å²) < 4.78 is 38.3. The monoisotopic (exact) mass is 449 g/mol. The van der Waals surface area contributed by atoms with Crippen LogP contribution in [-0.4, -0.2) is 26.7 Å². The molecule has 1 unspecified atom stereocenters. The lowest BCUT2D eigenvalue weighted by atomic mass is 9.84. The minimum Gasteiger partial charge on any atom is -0.466 e. The van der Waals surface area contributed by atoms with Gasteiger partial charge in [-0.25, -0.2) is 13.8 Å². The highest BCUT2D eigenvalue weighted by atomic mass is 19.1. The van der Waals surface area contributed by atoms with Crippen molar-refractivity contribution in [2.75, 3.05) is 6.61 Å². The Morgan fingerprint density at radius 3 is 2.76 bits per heavy atom. The van der Waals surface area contributed by atoms with Crippen LogP contribution in [0.1, 0.15) is 48.9 Å². The molecule has 0 N–H and O–H groups in total. The zero-order valence-corrected chi connectivity index (χ0v) is 18.4. The predicted molar refractivity (Wildman–Crippen MR) is 121 cm³/mol. The lowest BCUT2D eigenvalue weighted by Gasteiger charge is -2.25. The molecule has 0 fully saturated rings. The molecule has 1 aliphatic rings. The van der Waals surface area contributed by atoms with Crippen molar-refractivity contribution in [3.8, 4) is 5.69 Å². The number of fused-ring (bicyclic) bond motifs is 3. The highest BCUT2D eigenvalue weighted by Crippen LogP contribution is 2.41. The van der Waals surface area contributed by atoms with Gasteiger partial charge in [0.05, 0.1) is 24.9 Å². The van der Waals surface area contributed by atoms with E-state index in [0.717, 1.165) is 47.8 Å². The van der Waals surface area contributed by atoms with E-state index in [0.29, 0.717) is 24.1 Å². The van der Waals surface area contributed by atoms with Crippen molar-refractivity contribution in [1.29, 1.82) is 0 Å². The van der Waals surface area contributed by atoms with Crippen LogP contribution in [0.3, 0.4) is 0 Å². The van der Waals surface area contributed by atoms with Gasteiger partial charge in [0.25, 0.3) is 0 Å². The zero-order chi connectivity index (χ0) is 22.9. The summed E-state index contributed by atoms with van der Waals surface area (Å²) >= 11 is 0. The summed E-state index contributed by atoms with van der Waals surface area (Å²) in [4.78, 5) is 16.4. The van der Waals surface area contributed by atoms with Crippen molar-refractivity contribution >= 4 is 16.9 Å². The largest absolute Gasteiger partial charge is 0.466 e. The number of aryl methyl sites for hydroxylation is 1. The second-order valence-electron chi connectivity index (χ2n) is 8.47. The number of benzene rings is 2. The number of ether oxygens (including phenoxy) is 1. The van der Waals surface area contributed by atoms with Gasteiger partial charge < -0.3 is 13.9 Å². The Hall–Kier alpha value is -3.48. The number of aromatic nitrogens is 3. The van der Waals surface area contributed by atoms with E-state index >= 15 is 4.39 Å². The van der Waals surface area contributed by atoms with Gasteiger partial charge in [-0.05, 0) is 55.5 Å². The standard InChI is InChI=1S/C26H25F2N3O2/c1-2-33-24(32)12-18-4-3-5-21-22-13-19(27)14-23(28)26(22)31(25(18)21)15-17-6-8-20(9-7-17)30-11-10-29-16-30/h6-11,13-14,16,18H,2-5,12,15H2,1H3. The van der Waals surface area contributed by atoms with Gasteiger partial charge in [-0.3, -0.25) is 4.79 Å². The number of hydrogen-bond donors (Lipinski definition) is 0. The fourth-order valence-electron chi connectivity index (χ4n) is 5.04. The summed E-state index contributed by atoms with van der Waals surface area (Å²) in [5, 5.41) is 0.603. The van der Waals surface area contributed by atoms with Crippen molar-refractivity contribution in [3.05, 3.63) is 83.6 Å². The van der Waals surface area contributed by atoms with Gasteiger partial charge in [0.1, 0.15) is 11.6 Å². The van der Waals surface area contributed by atoms with Crippen molar-refractivity contribution < 1.29 is 18.3 Å². The lowest BCUT2D eigenvalue weighted by molar-refractivity contribution is -0.143. The first-order chi connectivity index (χ1) is 16.0. The second-order valence-corrected chi connectivity index (χ2v) is 8.47. The van der Waals surface area contributed by atoms with Crippen molar-refractivity contribution in [3.63, 3.8) is 0 Å². The zero-order valence-electron chi connectivity index (χ0n) is 18.4. The SMILES string of the molecule is CCOC(=O)CC1CCCc2c1n(Cc1ccc(-n3ccnc3)cc1)c1c(F)cc(F)cc21. The molecule has 0 saturated heterocycles. The van der Waals surface area contributed by atoms with Crippen LogP contribution in [0.15, 0.2) is 55.1 Å². The lowest BCUT2D eigenvalue weighted by Crippen LogP contribution is -2.19. The van der Waals surface area contributed by atoms with Crippen molar-refractivity contribution in [1.82, 2.24) is 14.1 Å². The second kappa shape index (κ2) is 8.81. The average molecular weight is 450 g/mol. The summed E-state index contributed by atoms with van der Waals surface area (Å²) in [5.41, 5.74) is 4.23. The van der Waals surface area contributed by atoms with E-state index in [1.165, 1.54) is 6.07 Å². The fraction of sp³-hybridized carbons (Fsp3) is 0.308. The molecule has 0 bridgehead atoms. The van der Waals surface area contributed by atoms with Gasteiger partial charge in [-0.15, -0.1) is 0 Å². The van der Waals surface area contributed by atoms with Gasteiger partial charge in [0, 0.05) is 47.7 Å². The minimum atomic E-state index is -0.586. The van der Waals surface area contributed by atoms with Crippen LogP contribution in [0, 0.1) is 11.6 Å². The topological polar surface area (TPSA) is 49.0 Å². The highest BCUT2D eigenvalue weighted by molar-refractivity contribution is 5.87. The van der Waals surface area contributed by atoms with Crippen LogP contribution in [0.25, 0.3) is 16.6 Å². The van der Waals surface area contributed by atoms with E-state index in [-0.39, 0.29) is 18.3 Å². The van der Waals surface area contributed by atoms with E-state index in [1.54, 1.807) is 19.4 Å². The Balaban J connectivity index is 1.59. The molecule has 4 aromatic rings. The van der Waals surface area contributed by atoms with E-state index < -0.39 is 11.6 Å². The number of halogens is 2. The molecular formula is C26H25F2N3O2. The van der Waals surface area contributed by atoms with Crippen LogP contribution < -0.4 is 0 Å². The highest BCUT2D eigenvalue weighted by Gasteiger charge is 2.31. The maximum absolute atomic E-state index is 15.1. The predicted octanol–water partition coefficient (Wildman–Crippen LogP) is 5.53. The first kappa shape index (κ1) is 21.4. The first-order valence-corrected chi connectivity index (χ1v) is 11.3. The molecule has 0 aliphatic heterocycles. The summed E-state index contributed by atoms with van der Waals surface area (Å²) in [6.45, 7) is 2.54. The van der Waals surface area contributed by atoms with Gasteiger partial charge in [-0.1, -0.05) is 12.1 Å². The molecule has 5 nitrogen and oxygen atoms in total. The van der Waals surface area contributed by atoms with Gasteiger partial charge in [-0.2, -0.15) is 0 Å². The summed E-state index contributed by atoms with van der Waals surface area (Å²) in [5.74, 6) is -1.52. The number of hydrogen-bond acceptors (Lipinski definition) is 3. The number of imidazole rings is 1. The number of carbonyl (C=O) groups is 1. The number of esters is 1. The Labute approximate surface area is 190 Å². The van der Waals surface area contributed by atoms with Crippen LogP contribution in [0.5, 0.6) is 0 Å². The van der Waals surface area contributed by atoms with Gasteiger partial charge in [0.15, 0.2) is 0 Å². The summed E-state index contributed by atoms with van der Waals surface area (Å²) in [6.07, 6.45) is 7.97. The number of carbonyl (C=O) groups excluding carboxylic acids is 1. The summed E-state index contributed by atoms with van der Waals surface area (Å²) in [7, 11) is 0. The molecule has 1 atom stereocenters. The molecule has 0 spiro atoms. The molecule has 170 valence electrons. The maximum atomic E-state index is 15.1. The van der Waals surface area contributed by atoms with Crippen molar-refractivity contribution in [2.45, 2.75) is 45.1 Å². The van der Waals surface area contributed by atoms with E-state index in [4.69, 9.17) is 4.74 Å². The smallest absolute Gasteiger partial charge is 0.306 e. The van der Waals surface area contributed by atoms with Crippen LogP contribution in [-0.2, 0) is 22.5 Å². The van der Waals surface area contributed by atoms with Crippen LogP contribution >= 0.6 is 0 Å². The fourth-order valence-corrected chi connectivity index (χ4v) is 5.04. The molecule has 2 heterocycles. The maximum Gasteiger partial charge on any atom is 0.306 e. The Bertz CT molecular complexity index is 1290. The third kappa shape index (κ3) is 4.03. The Morgan fingerprint density at radius 1 is 1.21 bits per heavy atom. The third-order valence-corrected chi connectivity index (χ3v) is 6.39. The van der Waals surface area contributed by atoms with Crippen LogP contribution in [0.4, 0.5) is 8.78 Å². The van der Waals surface area contributed by atoms with E-state index in [2.05, 4.69) is 4.98 Å². The average Bonchev–Trinajstić information content (AvgIpc) is 3.43.